The average molecular weight is 190 g/mol. The van der Waals surface area contributed by atoms with E-state index >= 15 is 0 Å². The van der Waals surface area contributed by atoms with Gasteiger partial charge in [0.05, 0.1) is 5.25 Å². The van der Waals surface area contributed by atoms with Crippen molar-refractivity contribution in [3.63, 3.8) is 0 Å². The molecule has 0 saturated heterocycles. The third kappa shape index (κ3) is 7.79. The van der Waals surface area contributed by atoms with Crippen LogP contribution in [0.25, 0.3) is 0 Å². The van der Waals surface area contributed by atoms with Crippen LogP contribution in [0.15, 0.2) is 0 Å². The normalized spacial score (nSPS) is 11.1. The minimum Gasteiger partial charge on any atom is -0.300 e. The van der Waals surface area contributed by atoms with Crippen molar-refractivity contribution in [1.29, 1.82) is 0 Å². The van der Waals surface area contributed by atoms with Crippen LogP contribution >= 0.6 is 11.8 Å². The number of ketones is 2. The highest BCUT2D eigenvalue weighted by Gasteiger charge is 2.13. The fourth-order valence-electron chi connectivity index (χ4n) is 0.654. The molecule has 1 atom stereocenters. The molecule has 3 heteroatoms. The molecule has 0 aromatic heterocycles. The quantitative estimate of drug-likeness (QED) is 0.682. The summed E-state index contributed by atoms with van der Waals surface area (Å²) >= 11 is 1.44. The van der Waals surface area contributed by atoms with Crippen LogP contribution in [0.3, 0.4) is 0 Å². The van der Waals surface area contributed by atoms with E-state index in [2.05, 4.69) is 0 Å². The van der Waals surface area contributed by atoms with Gasteiger partial charge in [-0.05, 0) is 20.1 Å². The van der Waals surface area contributed by atoms with Gasteiger partial charge in [0.2, 0.25) is 0 Å². The molecule has 0 spiro atoms. The Bertz CT molecular complexity index is 143. The molecule has 0 saturated carbocycles. The largest absolute Gasteiger partial charge is 0.300 e. The third-order valence-corrected chi connectivity index (χ3v) is 2.28. The van der Waals surface area contributed by atoms with E-state index in [-0.39, 0.29) is 16.8 Å². The zero-order valence-corrected chi connectivity index (χ0v) is 9.33. The van der Waals surface area contributed by atoms with E-state index in [4.69, 9.17) is 0 Å². The summed E-state index contributed by atoms with van der Waals surface area (Å²) in [6, 6.07) is 0. The molecule has 0 heterocycles. The van der Waals surface area contributed by atoms with Crippen LogP contribution in [0, 0.1) is 0 Å². The topological polar surface area (TPSA) is 34.1 Å². The first-order valence-electron chi connectivity index (χ1n) is 4.10. The lowest BCUT2D eigenvalue weighted by atomic mass is 10.2. The number of rotatable bonds is 4. The molecule has 0 N–H and O–H groups in total. The highest BCUT2D eigenvalue weighted by atomic mass is 32.2. The van der Waals surface area contributed by atoms with Crippen LogP contribution in [0.2, 0.25) is 0 Å². The molecule has 0 amide bonds. The van der Waals surface area contributed by atoms with Gasteiger partial charge in [-0.15, -0.1) is 0 Å². The standard InChI is InChI=1S/C7H12O2S.C2H6/c1-5(8)4-7(10-3)6(2)9;1-2/h7H,4H2,1-3H3;1-2H3. The van der Waals surface area contributed by atoms with Crippen molar-refractivity contribution in [2.24, 2.45) is 0 Å². The lowest BCUT2D eigenvalue weighted by Gasteiger charge is -2.06. The van der Waals surface area contributed by atoms with Gasteiger partial charge in [-0.3, -0.25) is 9.59 Å². The predicted octanol–water partition coefficient (Wildman–Crippen LogP) is 2.31. The van der Waals surface area contributed by atoms with E-state index in [1.807, 2.05) is 20.1 Å². The predicted molar refractivity (Wildman–Crippen MR) is 54.6 cm³/mol. The van der Waals surface area contributed by atoms with Gasteiger partial charge in [-0.25, -0.2) is 0 Å². The molecule has 12 heavy (non-hydrogen) atoms. The Morgan fingerprint density at radius 2 is 1.67 bits per heavy atom. The molecule has 0 aromatic rings. The van der Waals surface area contributed by atoms with Gasteiger partial charge >= 0.3 is 0 Å². The summed E-state index contributed by atoms with van der Waals surface area (Å²) in [5.41, 5.74) is 0. The van der Waals surface area contributed by atoms with E-state index in [1.165, 1.54) is 25.6 Å². The van der Waals surface area contributed by atoms with Crippen molar-refractivity contribution in [1.82, 2.24) is 0 Å². The maximum atomic E-state index is 10.7. The molecule has 2 nitrogen and oxygen atoms in total. The Kier molecular flexibility index (Phi) is 10.4. The number of carbonyl (C=O) groups excluding carboxylic acids is 2. The van der Waals surface area contributed by atoms with Crippen molar-refractivity contribution in [3.05, 3.63) is 0 Å². The van der Waals surface area contributed by atoms with Gasteiger partial charge in [-0.1, -0.05) is 13.8 Å². The lowest BCUT2D eigenvalue weighted by Crippen LogP contribution is -2.16. The molecular formula is C9H18O2S. The summed E-state index contributed by atoms with van der Waals surface area (Å²) in [5.74, 6) is 0.164. The van der Waals surface area contributed by atoms with Gasteiger partial charge < -0.3 is 0 Å². The van der Waals surface area contributed by atoms with Crippen molar-refractivity contribution in [2.75, 3.05) is 6.26 Å². The molecule has 1 unspecified atom stereocenters. The fourth-order valence-corrected chi connectivity index (χ4v) is 1.39. The Morgan fingerprint density at radius 3 is 1.75 bits per heavy atom. The number of hydrogen-bond donors (Lipinski definition) is 0. The second kappa shape index (κ2) is 8.78. The maximum absolute atomic E-state index is 10.7. The van der Waals surface area contributed by atoms with Crippen LogP contribution in [0.1, 0.15) is 34.1 Å². The summed E-state index contributed by atoms with van der Waals surface area (Å²) in [6.07, 6.45) is 2.21. The third-order valence-electron chi connectivity index (χ3n) is 1.21. The van der Waals surface area contributed by atoms with Gasteiger partial charge in [0.1, 0.15) is 11.6 Å². The van der Waals surface area contributed by atoms with Gasteiger partial charge in [0, 0.05) is 6.42 Å². The summed E-state index contributed by atoms with van der Waals surface area (Å²) in [5, 5.41) is -0.127. The minimum atomic E-state index is -0.127. The van der Waals surface area contributed by atoms with E-state index in [9.17, 15) is 9.59 Å². The van der Waals surface area contributed by atoms with Crippen LogP contribution in [0.4, 0.5) is 0 Å². The van der Waals surface area contributed by atoms with Crippen LogP contribution in [-0.2, 0) is 9.59 Å². The second-order valence-corrected chi connectivity index (χ2v) is 3.28. The molecule has 0 bridgehead atoms. The molecular weight excluding hydrogens is 172 g/mol. The highest BCUT2D eigenvalue weighted by Crippen LogP contribution is 2.11. The van der Waals surface area contributed by atoms with Crippen molar-refractivity contribution >= 4 is 23.3 Å². The summed E-state index contributed by atoms with van der Waals surface area (Å²) in [6.45, 7) is 7.02. The van der Waals surface area contributed by atoms with Crippen LogP contribution in [-0.4, -0.2) is 23.1 Å². The molecule has 0 radical (unpaired) electrons. The monoisotopic (exact) mass is 190 g/mol. The van der Waals surface area contributed by atoms with Crippen LogP contribution in [0.5, 0.6) is 0 Å². The van der Waals surface area contributed by atoms with E-state index in [0.29, 0.717) is 6.42 Å². The highest BCUT2D eigenvalue weighted by molar-refractivity contribution is 7.99. The van der Waals surface area contributed by atoms with Crippen molar-refractivity contribution in [3.8, 4) is 0 Å². The van der Waals surface area contributed by atoms with Gasteiger partial charge in [-0.2, -0.15) is 11.8 Å². The second-order valence-electron chi connectivity index (χ2n) is 2.24. The average Bonchev–Trinajstić information content (AvgIpc) is 2.03. The van der Waals surface area contributed by atoms with E-state index < -0.39 is 0 Å². The van der Waals surface area contributed by atoms with Crippen LogP contribution < -0.4 is 0 Å². The Morgan fingerprint density at radius 1 is 1.25 bits per heavy atom. The van der Waals surface area contributed by atoms with Crippen molar-refractivity contribution in [2.45, 2.75) is 39.4 Å². The Hall–Kier alpha value is -0.310. The van der Waals surface area contributed by atoms with E-state index in [1.54, 1.807) is 0 Å². The molecule has 0 rings (SSSR count). The van der Waals surface area contributed by atoms with Gasteiger partial charge in [0.15, 0.2) is 0 Å². The number of hydrogen-bond acceptors (Lipinski definition) is 3. The number of thioether (sulfide) groups is 1. The summed E-state index contributed by atoms with van der Waals surface area (Å²) in [4.78, 5) is 21.3. The fraction of sp³-hybridized carbons (Fsp3) is 0.778. The summed E-state index contributed by atoms with van der Waals surface area (Å²) < 4.78 is 0. The SMILES string of the molecule is CC.CSC(CC(C)=O)C(C)=O. The molecule has 0 aromatic carbocycles. The molecule has 0 aliphatic heterocycles. The van der Waals surface area contributed by atoms with Crippen molar-refractivity contribution < 1.29 is 9.59 Å². The smallest absolute Gasteiger partial charge is 0.143 e. The Labute approximate surface area is 79.1 Å². The molecule has 0 fully saturated rings. The zero-order valence-electron chi connectivity index (χ0n) is 8.51. The minimum absolute atomic E-state index is 0.0783. The summed E-state index contributed by atoms with van der Waals surface area (Å²) in [7, 11) is 0. The first-order chi connectivity index (χ1) is 5.57. The molecule has 72 valence electrons. The molecule has 0 aliphatic rings. The first-order valence-corrected chi connectivity index (χ1v) is 5.39. The lowest BCUT2D eigenvalue weighted by molar-refractivity contribution is -0.121. The van der Waals surface area contributed by atoms with E-state index in [0.717, 1.165) is 0 Å². The Balaban J connectivity index is 0. The first kappa shape index (κ1) is 14.2. The maximum Gasteiger partial charge on any atom is 0.143 e. The number of carbonyl (C=O) groups is 2. The van der Waals surface area contributed by atoms with Gasteiger partial charge in [0.25, 0.3) is 0 Å². The molecule has 0 aliphatic carbocycles. The number of Topliss-reactive ketones (excluding diaryl/α,β-unsaturated/α-hetero) is 2. The zero-order chi connectivity index (χ0) is 10.1.